The molecule has 1 aromatic carbocycles. The van der Waals surface area contributed by atoms with Gasteiger partial charge in [0.25, 0.3) is 0 Å². The molecule has 0 saturated carbocycles. The fourth-order valence-electron chi connectivity index (χ4n) is 1.59. The fourth-order valence-corrected chi connectivity index (χ4v) is 1.59. The lowest BCUT2D eigenvalue weighted by atomic mass is 10.1. The van der Waals surface area contributed by atoms with Crippen molar-refractivity contribution in [3.63, 3.8) is 0 Å². The number of ether oxygens (including phenoxy) is 1. The van der Waals surface area contributed by atoms with Crippen LogP contribution in [0.15, 0.2) is 24.3 Å². The molecule has 1 heterocycles. The predicted octanol–water partition coefficient (Wildman–Crippen LogP) is 2.16. The second kappa shape index (κ2) is 3.70. The first kappa shape index (κ1) is 9.06. The molecular formula is C11H13NO2. The van der Waals surface area contributed by atoms with E-state index >= 15 is 0 Å². The van der Waals surface area contributed by atoms with Gasteiger partial charge in [0.1, 0.15) is 6.61 Å². The van der Waals surface area contributed by atoms with Crippen molar-refractivity contribution in [3.8, 4) is 0 Å². The molecule has 0 atom stereocenters. The van der Waals surface area contributed by atoms with Gasteiger partial charge in [-0.25, -0.2) is 4.79 Å². The van der Waals surface area contributed by atoms with Gasteiger partial charge in [0.05, 0.1) is 0 Å². The Bertz CT molecular complexity index is 349. The number of nitrogens with zero attached hydrogens (tertiary/aromatic N) is 1. The Morgan fingerprint density at radius 3 is 2.79 bits per heavy atom. The molecular weight excluding hydrogens is 178 g/mol. The van der Waals surface area contributed by atoms with Crippen LogP contribution in [0.1, 0.15) is 18.1 Å². The van der Waals surface area contributed by atoms with Crippen molar-refractivity contribution < 1.29 is 9.53 Å². The van der Waals surface area contributed by atoms with E-state index < -0.39 is 0 Å². The van der Waals surface area contributed by atoms with Crippen molar-refractivity contribution in [2.75, 3.05) is 6.54 Å². The van der Waals surface area contributed by atoms with Crippen LogP contribution < -0.4 is 0 Å². The van der Waals surface area contributed by atoms with E-state index in [1.807, 2.05) is 31.2 Å². The van der Waals surface area contributed by atoms with Crippen LogP contribution in [0.5, 0.6) is 0 Å². The minimum atomic E-state index is -0.219. The Balaban J connectivity index is 2.31. The topological polar surface area (TPSA) is 29.5 Å². The van der Waals surface area contributed by atoms with Crippen molar-refractivity contribution in [3.05, 3.63) is 35.4 Å². The van der Waals surface area contributed by atoms with Crippen LogP contribution >= 0.6 is 0 Å². The maximum atomic E-state index is 11.4. The molecule has 0 bridgehead atoms. The number of carbonyl (C=O) groups is 1. The van der Waals surface area contributed by atoms with E-state index in [4.69, 9.17) is 4.74 Å². The second-order valence-corrected chi connectivity index (χ2v) is 3.34. The highest BCUT2D eigenvalue weighted by molar-refractivity contribution is 5.68. The average molecular weight is 191 g/mol. The van der Waals surface area contributed by atoms with E-state index in [1.54, 1.807) is 4.90 Å². The molecule has 0 radical (unpaired) electrons. The van der Waals surface area contributed by atoms with Crippen LogP contribution in [0.25, 0.3) is 0 Å². The molecule has 1 aromatic rings. The highest BCUT2D eigenvalue weighted by Crippen LogP contribution is 2.17. The standard InChI is InChI=1S/C11H13NO2/c1-2-12-7-9-5-3-4-6-10(9)8-14-11(12)13/h3-6H,2,7-8H2,1H3. The number of hydrogen-bond acceptors (Lipinski definition) is 2. The smallest absolute Gasteiger partial charge is 0.410 e. The van der Waals surface area contributed by atoms with E-state index in [-0.39, 0.29) is 6.09 Å². The number of carbonyl (C=O) groups excluding carboxylic acids is 1. The zero-order valence-electron chi connectivity index (χ0n) is 8.19. The molecule has 3 nitrogen and oxygen atoms in total. The first-order valence-corrected chi connectivity index (χ1v) is 4.79. The normalized spacial score (nSPS) is 15.8. The maximum absolute atomic E-state index is 11.4. The first-order chi connectivity index (χ1) is 6.81. The lowest BCUT2D eigenvalue weighted by molar-refractivity contribution is 0.102. The molecule has 1 amide bonds. The molecule has 0 aliphatic carbocycles. The second-order valence-electron chi connectivity index (χ2n) is 3.34. The number of rotatable bonds is 1. The van der Waals surface area contributed by atoms with Gasteiger partial charge in [-0.1, -0.05) is 24.3 Å². The van der Waals surface area contributed by atoms with Crippen molar-refractivity contribution >= 4 is 6.09 Å². The van der Waals surface area contributed by atoms with Crippen molar-refractivity contribution in [2.45, 2.75) is 20.1 Å². The largest absolute Gasteiger partial charge is 0.445 e. The van der Waals surface area contributed by atoms with Crippen molar-refractivity contribution in [1.82, 2.24) is 4.90 Å². The van der Waals surface area contributed by atoms with Gasteiger partial charge in [-0.15, -0.1) is 0 Å². The summed E-state index contributed by atoms with van der Waals surface area (Å²) in [4.78, 5) is 13.1. The van der Waals surface area contributed by atoms with Crippen LogP contribution in [0.4, 0.5) is 4.79 Å². The quantitative estimate of drug-likeness (QED) is 0.680. The molecule has 0 aromatic heterocycles. The van der Waals surface area contributed by atoms with E-state index in [0.717, 1.165) is 5.56 Å². The molecule has 0 N–H and O–H groups in total. The number of cyclic esters (lactones) is 1. The molecule has 74 valence electrons. The molecule has 14 heavy (non-hydrogen) atoms. The van der Waals surface area contributed by atoms with Crippen molar-refractivity contribution in [2.24, 2.45) is 0 Å². The summed E-state index contributed by atoms with van der Waals surface area (Å²) in [5, 5.41) is 0. The van der Waals surface area contributed by atoms with Crippen LogP contribution in [0.3, 0.4) is 0 Å². The fraction of sp³-hybridized carbons (Fsp3) is 0.364. The molecule has 0 fully saturated rings. The summed E-state index contributed by atoms with van der Waals surface area (Å²) in [6.07, 6.45) is -0.219. The van der Waals surface area contributed by atoms with Gasteiger partial charge in [0.2, 0.25) is 0 Å². The van der Waals surface area contributed by atoms with Crippen LogP contribution in [-0.4, -0.2) is 17.5 Å². The van der Waals surface area contributed by atoms with Crippen LogP contribution in [0, 0.1) is 0 Å². The van der Waals surface area contributed by atoms with E-state index in [1.165, 1.54) is 5.56 Å². The molecule has 1 aliphatic heterocycles. The van der Waals surface area contributed by atoms with Gasteiger partial charge in [0.15, 0.2) is 0 Å². The van der Waals surface area contributed by atoms with Gasteiger partial charge < -0.3 is 9.64 Å². The van der Waals surface area contributed by atoms with Crippen LogP contribution in [-0.2, 0) is 17.9 Å². The number of hydrogen-bond donors (Lipinski definition) is 0. The van der Waals surface area contributed by atoms with Gasteiger partial charge in [-0.2, -0.15) is 0 Å². The van der Waals surface area contributed by atoms with E-state index in [9.17, 15) is 4.79 Å². The number of amides is 1. The van der Waals surface area contributed by atoms with E-state index in [2.05, 4.69) is 0 Å². The number of fused-ring (bicyclic) bond motifs is 1. The highest BCUT2D eigenvalue weighted by atomic mass is 16.6. The molecule has 2 rings (SSSR count). The Labute approximate surface area is 83.3 Å². The van der Waals surface area contributed by atoms with Gasteiger partial charge in [0, 0.05) is 13.1 Å². The minimum absolute atomic E-state index is 0.219. The molecule has 0 saturated heterocycles. The predicted molar refractivity (Wildman–Crippen MR) is 52.7 cm³/mol. The monoisotopic (exact) mass is 191 g/mol. The maximum Gasteiger partial charge on any atom is 0.410 e. The Hall–Kier alpha value is -1.51. The zero-order valence-corrected chi connectivity index (χ0v) is 8.19. The van der Waals surface area contributed by atoms with Crippen LogP contribution in [0.2, 0.25) is 0 Å². The lowest BCUT2D eigenvalue weighted by Gasteiger charge is -2.16. The molecule has 1 aliphatic rings. The first-order valence-electron chi connectivity index (χ1n) is 4.79. The van der Waals surface area contributed by atoms with Gasteiger partial charge in [-0.3, -0.25) is 0 Å². The minimum Gasteiger partial charge on any atom is -0.445 e. The Kier molecular flexibility index (Phi) is 2.39. The summed E-state index contributed by atoms with van der Waals surface area (Å²) < 4.78 is 5.12. The van der Waals surface area contributed by atoms with Gasteiger partial charge >= 0.3 is 6.09 Å². The van der Waals surface area contributed by atoms with Crippen molar-refractivity contribution in [1.29, 1.82) is 0 Å². The number of benzene rings is 1. The third kappa shape index (κ3) is 1.58. The third-order valence-corrected chi connectivity index (χ3v) is 2.47. The summed E-state index contributed by atoms with van der Waals surface area (Å²) in [6.45, 7) is 3.69. The third-order valence-electron chi connectivity index (χ3n) is 2.47. The summed E-state index contributed by atoms with van der Waals surface area (Å²) in [5.41, 5.74) is 2.29. The summed E-state index contributed by atoms with van der Waals surface area (Å²) in [7, 11) is 0. The zero-order chi connectivity index (χ0) is 9.97. The molecule has 0 unspecified atom stereocenters. The average Bonchev–Trinajstić information content (AvgIpc) is 2.38. The Morgan fingerprint density at radius 2 is 2.07 bits per heavy atom. The summed E-state index contributed by atoms with van der Waals surface area (Å²) in [6, 6.07) is 8.00. The van der Waals surface area contributed by atoms with Gasteiger partial charge in [-0.05, 0) is 18.1 Å². The summed E-state index contributed by atoms with van der Waals surface area (Å²) in [5.74, 6) is 0. The highest BCUT2D eigenvalue weighted by Gasteiger charge is 2.19. The summed E-state index contributed by atoms with van der Waals surface area (Å²) >= 11 is 0. The SMILES string of the molecule is CCN1Cc2ccccc2COC1=O. The van der Waals surface area contributed by atoms with E-state index in [0.29, 0.717) is 19.7 Å². The molecule has 0 spiro atoms. The Morgan fingerprint density at radius 1 is 1.36 bits per heavy atom. The lowest BCUT2D eigenvalue weighted by Crippen LogP contribution is -2.28. The molecule has 3 heteroatoms.